The molecule has 2 fully saturated rings. The monoisotopic (exact) mass is 290 g/mol. The zero-order valence-electron chi connectivity index (χ0n) is 11.9. The predicted octanol–water partition coefficient (Wildman–Crippen LogP) is -0.0721. The minimum absolute atomic E-state index is 0.286. The summed E-state index contributed by atoms with van der Waals surface area (Å²) < 4.78 is 22.1. The van der Waals surface area contributed by atoms with E-state index in [-0.39, 0.29) is 12.4 Å². The van der Waals surface area contributed by atoms with Crippen LogP contribution in [0.1, 0.15) is 33.6 Å². The molecule has 0 aromatic rings. The van der Waals surface area contributed by atoms with E-state index in [0.717, 1.165) is 0 Å². The van der Waals surface area contributed by atoms with E-state index in [1.807, 2.05) is 6.92 Å². The number of ether oxygens (including phenoxy) is 4. The van der Waals surface area contributed by atoms with Gasteiger partial charge in [0.1, 0.15) is 18.3 Å². The molecule has 20 heavy (non-hydrogen) atoms. The number of rotatable bonds is 5. The fraction of sp³-hybridized carbons (Fsp3) is 0.923. The van der Waals surface area contributed by atoms with Gasteiger partial charge in [0.25, 0.3) is 0 Å². The summed E-state index contributed by atoms with van der Waals surface area (Å²) in [7, 11) is 0. The van der Waals surface area contributed by atoms with Gasteiger partial charge in [0, 0.05) is 6.42 Å². The Hall–Kier alpha value is -0.730. The maximum Gasteiger partial charge on any atom is 0.308 e. The fourth-order valence-electron chi connectivity index (χ4n) is 2.49. The molecular formula is C13H22O7. The molecule has 0 aromatic carbocycles. The van der Waals surface area contributed by atoms with Crippen LogP contribution < -0.4 is 0 Å². The summed E-state index contributed by atoms with van der Waals surface area (Å²) in [6, 6.07) is 0. The van der Waals surface area contributed by atoms with Gasteiger partial charge in [0.2, 0.25) is 6.29 Å². The highest BCUT2D eigenvalue weighted by atomic mass is 16.8. The lowest BCUT2D eigenvalue weighted by atomic mass is 10.1. The molecule has 7 nitrogen and oxygen atoms in total. The molecule has 0 aliphatic carbocycles. The van der Waals surface area contributed by atoms with Crippen molar-refractivity contribution in [2.45, 2.75) is 70.1 Å². The van der Waals surface area contributed by atoms with Crippen molar-refractivity contribution >= 4 is 5.97 Å². The highest BCUT2D eigenvalue weighted by Crippen LogP contribution is 2.40. The van der Waals surface area contributed by atoms with Gasteiger partial charge < -0.3 is 29.2 Å². The normalized spacial score (nSPS) is 36.6. The molecule has 2 rings (SSSR count). The maximum absolute atomic E-state index is 11.6. The topological polar surface area (TPSA) is 94.5 Å². The number of hydrogen-bond donors (Lipinski definition) is 2. The fourth-order valence-corrected chi connectivity index (χ4v) is 2.49. The SMILES string of the molecule is CCCC(=O)O[C@@H]1O[C@@H](C(O)CO)C2OC(C)(C)O[C@@H]21. The van der Waals surface area contributed by atoms with Gasteiger partial charge in [0.15, 0.2) is 11.9 Å². The lowest BCUT2D eigenvalue weighted by molar-refractivity contribution is -0.241. The zero-order chi connectivity index (χ0) is 14.9. The zero-order valence-corrected chi connectivity index (χ0v) is 11.9. The van der Waals surface area contributed by atoms with E-state index in [2.05, 4.69) is 0 Å². The third-order valence-corrected chi connectivity index (χ3v) is 3.31. The number of aliphatic hydroxyl groups excluding tert-OH is 2. The van der Waals surface area contributed by atoms with Crippen LogP contribution in [0.15, 0.2) is 0 Å². The number of hydrogen-bond acceptors (Lipinski definition) is 7. The van der Waals surface area contributed by atoms with Crippen molar-refractivity contribution in [1.82, 2.24) is 0 Å². The van der Waals surface area contributed by atoms with Crippen molar-refractivity contribution in [1.29, 1.82) is 0 Å². The van der Waals surface area contributed by atoms with Gasteiger partial charge in [-0.2, -0.15) is 0 Å². The van der Waals surface area contributed by atoms with Gasteiger partial charge in [-0.15, -0.1) is 0 Å². The maximum atomic E-state index is 11.6. The molecule has 0 bridgehead atoms. The minimum atomic E-state index is -1.12. The molecule has 7 heteroatoms. The average Bonchev–Trinajstić information content (AvgIpc) is 2.83. The average molecular weight is 290 g/mol. The summed E-state index contributed by atoms with van der Waals surface area (Å²) in [5, 5.41) is 18.8. The summed E-state index contributed by atoms with van der Waals surface area (Å²) in [5.41, 5.74) is 0. The van der Waals surface area contributed by atoms with Gasteiger partial charge in [-0.1, -0.05) is 6.92 Å². The molecule has 0 aromatic heterocycles. The summed E-state index contributed by atoms with van der Waals surface area (Å²) in [6.07, 6.45) is -3.04. The van der Waals surface area contributed by atoms with Crippen LogP contribution in [0.2, 0.25) is 0 Å². The van der Waals surface area contributed by atoms with E-state index in [4.69, 9.17) is 24.1 Å². The van der Waals surface area contributed by atoms with Crippen LogP contribution >= 0.6 is 0 Å². The summed E-state index contributed by atoms with van der Waals surface area (Å²) in [4.78, 5) is 11.6. The van der Waals surface area contributed by atoms with Crippen molar-refractivity contribution < 1.29 is 34.0 Å². The Balaban J connectivity index is 2.08. The van der Waals surface area contributed by atoms with Crippen LogP contribution in [-0.2, 0) is 23.7 Å². The van der Waals surface area contributed by atoms with Crippen molar-refractivity contribution in [2.24, 2.45) is 0 Å². The lowest BCUT2D eigenvalue weighted by Gasteiger charge is -2.25. The summed E-state index contributed by atoms with van der Waals surface area (Å²) in [5.74, 6) is -1.23. The third-order valence-electron chi connectivity index (χ3n) is 3.31. The van der Waals surface area contributed by atoms with Gasteiger partial charge in [-0.25, -0.2) is 0 Å². The molecule has 2 unspecified atom stereocenters. The lowest BCUT2D eigenvalue weighted by Crippen LogP contribution is -2.40. The van der Waals surface area contributed by atoms with Gasteiger partial charge >= 0.3 is 5.97 Å². The van der Waals surface area contributed by atoms with Crippen LogP contribution in [0.4, 0.5) is 0 Å². The molecule has 2 N–H and O–H groups in total. The van der Waals surface area contributed by atoms with Crippen LogP contribution in [-0.4, -0.2) is 59.3 Å². The van der Waals surface area contributed by atoms with Crippen LogP contribution in [0.25, 0.3) is 0 Å². The Bertz CT molecular complexity index is 357. The quantitative estimate of drug-likeness (QED) is 0.684. The molecule has 0 radical (unpaired) electrons. The highest BCUT2D eigenvalue weighted by molar-refractivity contribution is 5.69. The molecule has 2 heterocycles. The molecule has 0 amide bonds. The Kier molecular flexibility index (Phi) is 4.66. The largest absolute Gasteiger partial charge is 0.433 e. The van der Waals surface area contributed by atoms with Crippen molar-refractivity contribution in [2.75, 3.05) is 6.61 Å². The minimum Gasteiger partial charge on any atom is -0.433 e. The van der Waals surface area contributed by atoms with Crippen LogP contribution in [0, 0.1) is 0 Å². The van der Waals surface area contributed by atoms with E-state index in [1.54, 1.807) is 13.8 Å². The Morgan fingerprint density at radius 2 is 2.00 bits per heavy atom. The third kappa shape index (κ3) is 3.12. The first-order chi connectivity index (χ1) is 9.38. The van der Waals surface area contributed by atoms with Crippen LogP contribution in [0.3, 0.4) is 0 Å². The predicted molar refractivity (Wildman–Crippen MR) is 66.6 cm³/mol. The van der Waals surface area contributed by atoms with Crippen molar-refractivity contribution in [3.05, 3.63) is 0 Å². The number of aliphatic hydroxyl groups is 2. The molecule has 5 atom stereocenters. The second-order valence-corrected chi connectivity index (χ2v) is 5.52. The van der Waals surface area contributed by atoms with Crippen molar-refractivity contribution in [3.63, 3.8) is 0 Å². The molecule has 2 saturated heterocycles. The van der Waals surface area contributed by atoms with Gasteiger partial charge in [-0.3, -0.25) is 4.79 Å². The Labute approximate surface area is 117 Å². The molecule has 0 saturated carbocycles. The van der Waals surface area contributed by atoms with E-state index < -0.39 is 43.1 Å². The van der Waals surface area contributed by atoms with E-state index in [0.29, 0.717) is 6.42 Å². The standard InChI is InChI=1S/C13H22O7/c1-4-5-8(16)17-12-11-10(19-13(2,3)20-11)9(18-12)7(15)6-14/h7,9-12,14-15H,4-6H2,1-3H3/t7?,9-,10?,11-,12+/m0/s1. The summed E-state index contributed by atoms with van der Waals surface area (Å²) >= 11 is 0. The number of fused-ring (bicyclic) bond motifs is 1. The first kappa shape index (κ1) is 15.7. The number of carbonyl (C=O) groups excluding carboxylic acids is 1. The molecule has 0 spiro atoms. The Morgan fingerprint density at radius 3 is 2.60 bits per heavy atom. The Morgan fingerprint density at radius 1 is 1.35 bits per heavy atom. The van der Waals surface area contributed by atoms with Gasteiger partial charge in [-0.05, 0) is 20.3 Å². The molecule has 116 valence electrons. The molecule has 2 aliphatic rings. The van der Waals surface area contributed by atoms with E-state index in [1.165, 1.54) is 0 Å². The second kappa shape index (κ2) is 5.95. The second-order valence-electron chi connectivity index (χ2n) is 5.52. The first-order valence-corrected chi connectivity index (χ1v) is 6.87. The smallest absolute Gasteiger partial charge is 0.308 e. The van der Waals surface area contributed by atoms with Crippen LogP contribution in [0.5, 0.6) is 0 Å². The number of esters is 1. The van der Waals surface area contributed by atoms with E-state index in [9.17, 15) is 9.90 Å². The molecular weight excluding hydrogens is 268 g/mol. The molecule has 2 aliphatic heterocycles. The van der Waals surface area contributed by atoms with E-state index >= 15 is 0 Å². The van der Waals surface area contributed by atoms with Crippen molar-refractivity contribution in [3.8, 4) is 0 Å². The number of carbonyl (C=O) groups is 1. The summed E-state index contributed by atoms with van der Waals surface area (Å²) in [6.45, 7) is 4.88. The highest BCUT2D eigenvalue weighted by Gasteiger charge is 2.58. The first-order valence-electron chi connectivity index (χ1n) is 6.87. The van der Waals surface area contributed by atoms with Gasteiger partial charge in [0.05, 0.1) is 6.61 Å².